The molecule has 7 nitrogen and oxygen atoms in total. The molecule has 2 amide bonds. The van der Waals surface area contributed by atoms with Gasteiger partial charge >= 0.3 is 0 Å². The zero-order chi connectivity index (χ0) is 25.6. The first-order valence-corrected chi connectivity index (χ1v) is 12.8. The summed E-state index contributed by atoms with van der Waals surface area (Å²) >= 11 is 6.24. The van der Waals surface area contributed by atoms with Crippen molar-refractivity contribution in [3.63, 3.8) is 0 Å². The van der Waals surface area contributed by atoms with Gasteiger partial charge in [-0.3, -0.25) is 13.9 Å². The molecule has 0 spiro atoms. The van der Waals surface area contributed by atoms with Crippen LogP contribution in [0.4, 0.5) is 14.5 Å². The van der Waals surface area contributed by atoms with Crippen LogP contribution in [0.15, 0.2) is 42.5 Å². The molecule has 0 aliphatic rings. The molecule has 0 bridgehead atoms. The smallest absolute Gasteiger partial charge is 0.244 e. The van der Waals surface area contributed by atoms with Gasteiger partial charge in [-0.2, -0.15) is 0 Å². The summed E-state index contributed by atoms with van der Waals surface area (Å²) in [5, 5.41) is 3.13. The van der Waals surface area contributed by atoms with Crippen molar-refractivity contribution in [3.05, 3.63) is 64.7 Å². The molecule has 0 saturated carbocycles. The van der Waals surface area contributed by atoms with Crippen LogP contribution in [-0.4, -0.2) is 50.5 Å². The van der Waals surface area contributed by atoms with E-state index in [2.05, 4.69) is 5.32 Å². The van der Waals surface area contributed by atoms with Gasteiger partial charge in [-0.15, -0.1) is 0 Å². The maximum absolute atomic E-state index is 13.8. The number of rotatable bonds is 10. The summed E-state index contributed by atoms with van der Waals surface area (Å²) in [7, 11) is -4.05. The first-order chi connectivity index (χ1) is 15.8. The third-order valence-corrected chi connectivity index (χ3v) is 6.53. The van der Waals surface area contributed by atoms with Crippen molar-refractivity contribution in [2.24, 2.45) is 5.92 Å². The predicted molar refractivity (Wildman–Crippen MR) is 128 cm³/mol. The van der Waals surface area contributed by atoms with E-state index >= 15 is 0 Å². The molecule has 34 heavy (non-hydrogen) atoms. The number of anilines is 1. The van der Waals surface area contributed by atoms with Crippen molar-refractivity contribution in [1.29, 1.82) is 0 Å². The van der Waals surface area contributed by atoms with Crippen LogP contribution in [0.25, 0.3) is 0 Å². The maximum atomic E-state index is 13.8. The zero-order valence-corrected chi connectivity index (χ0v) is 21.0. The minimum absolute atomic E-state index is 0.0653. The lowest BCUT2D eigenvalue weighted by Gasteiger charge is -2.31. The molecule has 0 radical (unpaired) electrons. The number of nitrogens with one attached hydrogen (secondary N) is 1. The van der Waals surface area contributed by atoms with Crippen molar-refractivity contribution in [2.45, 2.75) is 33.4 Å². The molecule has 0 heterocycles. The Morgan fingerprint density at radius 2 is 1.71 bits per heavy atom. The molecule has 0 saturated heterocycles. The quantitative estimate of drug-likeness (QED) is 0.524. The Kier molecular flexibility index (Phi) is 9.40. The lowest BCUT2D eigenvalue weighted by Crippen LogP contribution is -2.51. The van der Waals surface area contributed by atoms with Gasteiger partial charge in [0, 0.05) is 24.2 Å². The topological polar surface area (TPSA) is 86.8 Å². The van der Waals surface area contributed by atoms with E-state index in [1.807, 2.05) is 13.8 Å². The monoisotopic (exact) mass is 515 g/mol. The molecule has 0 aliphatic carbocycles. The number of carbonyl (C=O) groups is 2. The average molecular weight is 516 g/mol. The largest absolute Gasteiger partial charge is 0.354 e. The van der Waals surface area contributed by atoms with Crippen LogP contribution in [0.5, 0.6) is 0 Å². The van der Waals surface area contributed by atoms with Gasteiger partial charge in [0.15, 0.2) is 11.6 Å². The summed E-state index contributed by atoms with van der Waals surface area (Å²) in [6.07, 6.45) is 0.846. The number of halogens is 3. The van der Waals surface area contributed by atoms with Gasteiger partial charge in [-0.1, -0.05) is 43.6 Å². The van der Waals surface area contributed by atoms with Crippen LogP contribution in [0.1, 0.15) is 26.3 Å². The van der Waals surface area contributed by atoms with Crippen LogP contribution in [0.3, 0.4) is 0 Å². The van der Waals surface area contributed by atoms with Gasteiger partial charge in [0.2, 0.25) is 21.8 Å². The van der Waals surface area contributed by atoms with Crippen molar-refractivity contribution in [1.82, 2.24) is 10.2 Å². The van der Waals surface area contributed by atoms with Crippen LogP contribution >= 0.6 is 11.6 Å². The van der Waals surface area contributed by atoms with Gasteiger partial charge in [0.1, 0.15) is 12.6 Å². The summed E-state index contributed by atoms with van der Waals surface area (Å²) in [6.45, 7) is 4.96. The molecule has 11 heteroatoms. The van der Waals surface area contributed by atoms with Crippen LogP contribution in [0.2, 0.25) is 5.02 Å². The number of benzene rings is 2. The molecule has 0 unspecified atom stereocenters. The highest BCUT2D eigenvalue weighted by Crippen LogP contribution is 2.23. The molecule has 0 aliphatic heterocycles. The number of hydrogen-bond acceptors (Lipinski definition) is 4. The maximum Gasteiger partial charge on any atom is 0.244 e. The van der Waals surface area contributed by atoms with E-state index in [4.69, 9.17) is 11.6 Å². The first kappa shape index (κ1) is 27.5. The minimum Gasteiger partial charge on any atom is -0.354 e. The van der Waals surface area contributed by atoms with Gasteiger partial charge < -0.3 is 10.2 Å². The Balaban J connectivity index is 2.40. The Labute approximate surface area is 203 Å². The molecule has 186 valence electrons. The highest BCUT2D eigenvalue weighted by atomic mass is 35.5. The standard InChI is InChI=1S/C23H28ClF2N3O4S/c1-15(2)12-27-23(31)16(3)28(13-17-7-5-6-8-19(17)24)22(30)14-29(34(4,32)33)18-9-10-20(25)21(26)11-18/h5-11,15-16H,12-14H2,1-4H3,(H,27,31)/t16-/m1/s1. The van der Waals surface area contributed by atoms with Crippen LogP contribution in [0, 0.1) is 17.6 Å². The molecule has 0 aromatic heterocycles. The van der Waals surface area contributed by atoms with Crippen molar-refractivity contribution in [2.75, 3.05) is 23.7 Å². The Bertz CT molecular complexity index is 1140. The molecular weight excluding hydrogens is 488 g/mol. The summed E-state index contributed by atoms with van der Waals surface area (Å²) < 4.78 is 52.7. The molecule has 2 rings (SSSR count). The van der Waals surface area contributed by atoms with Gasteiger partial charge in [-0.25, -0.2) is 17.2 Å². The second-order valence-corrected chi connectivity index (χ2v) is 10.6. The summed E-state index contributed by atoms with van der Waals surface area (Å²) in [6, 6.07) is 8.32. The van der Waals surface area contributed by atoms with Gasteiger partial charge in [0.25, 0.3) is 0 Å². The van der Waals surface area contributed by atoms with Crippen LogP contribution < -0.4 is 9.62 Å². The van der Waals surface area contributed by atoms with E-state index in [-0.39, 0.29) is 18.2 Å². The molecule has 0 fully saturated rings. The molecule has 1 N–H and O–H groups in total. The lowest BCUT2D eigenvalue weighted by molar-refractivity contribution is -0.139. The van der Waals surface area contributed by atoms with Crippen LogP contribution in [-0.2, 0) is 26.2 Å². The summed E-state index contributed by atoms with van der Waals surface area (Å²) in [4.78, 5) is 27.3. The average Bonchev–Trinajstić information content (AvgIpc) is 2.75. The van der Waals surface area contributed by atoms with Crippen molar-refractivity contribution >= 4 is 39.1 Å². The highest BCUT2D eigenvalue weighted by Gasteiger charge is 2.30. The first-order valence-electron chi connectivity index (χ1n) is 10.5. The number of amides is 2. The highest BCUT2D eigenvalue weighted by molar-refractivity contribution is 7.92. The van der Waals surface area contributed by atoms with Gasteiger partial charge in [-0.05, 0) is 36.6 Å². The second kappa shape index (κ2) is 11.6. The van der Waals surface area contributed by atoms with E-state index in [1.165, 1.54) is 11.8 Å². The molecule has 2 aromatic rings. The summed E-state index contributed by atoms with van der Waals surface area (Å²) in [5.41, 5.74) is 0.337. The Hall–Kier alpha value is -2.72. The summed E-state index contributed by atoms with van der Waals surface area (Å²) in [5.74, 6) is -3.37. The fraction of sp³-hybridized carbons (Fsp3) is 0.391. The fourth-order valence-corrected chi connectivity index (χ4v) is 4.14. The minimum atomic E-state index is -4.05. The second-order valence-electron chi connectivity index (χ2n) is 8.30. The van der Waals surface area contributed by atoms with E-state index < -0.39 is 46.1 Å². The van der Waals surface area contributed by atoms with E-state index in [0.29, 0.717) is 27.5 Å². The van der Waals surface area contributed by atoms with E-state index in [1.54, 1.807) is 24.3 Å². The Morgan fingerprint density at radius 1 is 1.06 bits per heavy atom. The number of hydrogen-bond donors (Lipinski definition) is 1. The molecule has 2 aromatic carbocycles. The van der Waals surface area contributed by atoms with Crippen molar-refractivity contribution in [3.8, 4) is 0 Å². The zero-order valence-electron chi connectivity index (χ0n) is 19.4. The molecular formula is C23H28ClF2N3O4S. The third kappa shape index (κ3) is 7.39. The number of sulfonamides is 1. The third-order valence-electron chi connectivity index (χ3n) is 5.02. The van der Waals surface area contributed by atoms with E-state index in [0.717, 1.165) is 18.4 Å². The van der Waals surface area contributed by atoms with Crippen molar-refractivity contribution < 1.29 is 26.8 Å². The van der Waals surface area contributed by atoms with Gasteiger partial charge in [0.05, 0.1) is 11.9 Å². The number of nitrogens with zero attached hydrogens (tertiary/aromatic N) is 2. The van der Waals surface area contributed by atoms with E-state index in [9.17, 15) is 26.8 Å². The predicted octanol–water partition coefficient (Wildman–Crippen LogP) is 3.57. The SMILES string of the molecule is CC(C)CNC(=O)[C@@H](C)N(Cc1ccccc1Cl)C(=O)CN(c1ccc(F)c(F)c1)S(C)(=O)=O. The Morgan fingerprint density at radius 3 is 2.26 bits per heavy atom. The molecule has 1 atom stereocenters. The fourth-order valence-electron chi connectivity index (χ4n) is 3.10. The normalized spacial score (nSPS) is 12.4. The number of carbonyl (C=O) groups excluding carboxylic acids is 2. The lowest BCUT2D eigenvalue weighted by atomic mass is 10.1.